The zero-order chi connectivity index (χ0) is 13.5. The Labute approximate surface area is 111 Å². The summed E-state index contributed by atoms with van der Waals surface area (Å²) in [6.45, 7) is 6.26. The van der Waals surface area contributed by atoms with E-state index in [9.17, 15) is 4.79 Å². The topological polar surface area (TPSA) is 60.9 Å². The molecule has 0 bridgehead atoms. The van der Waals surface area contributed by atoms with Crippen molar-refractivity contribution in [3.63, 3.8) is 0 Å². The van der Waals surface area contributed by atoms with Crippen molar-refractivity contribution in [3.05, 3.63) is 29.0 Å². The molecule has 2 aromatic rings. The van der Waals surface area contributed by atoms with E-state index in [-0.39, 0.29) is 17.9 Å². The number of fused-ring (bicyclic) bond motifs is 1. The van der Waals surface area contributed by atoms with Crippen molar-refractivity contribution >= 4 is 28.5 Å². The third-order valence-electron chi connectivity index (χ3n) is 2.75. The Morgan fingerprint density at radius 1 is 1.50 bits per heavy atom. The first-order valence-electron chi connectivity index (χ1n) is 5.73. The van der Waals surface area contributed by atoms with Gasteiger partial charge in [-0.15, -0.1) is 0 Å². The van der Waals surface area contributed by atoms with E-state index in [0.717, 1.165) is 16.6 Å². The van der Waals surface area contributed by atoms with Crippen LogP contribution < -0.4 is 5.73 Å². The lowest BCUT2D eigenvalue weighted by Crippen LogP contribution is -2.21. The molecule has 0 aliphatic carbocycles. The van der Waals surface area contributed by atoms with Crippen LogP contribution in [0.1, 0.15) is 26.3 Å². The van der Waals surface area contributed by atoms with Gasteiger partial charge in [0, 0.05) is 23.3 Å². The highest BCUT2D eigenvalue weighted by atomic mass is 35.5. The lowest BCUT2D eigenvalue weighted by atomic mass is 10.1. The van der Waals surface area contributed by atoms with E-state index in [4.69, 9.17) is 17.3 Å². The Hall–Kier alpha value is -1.55. The number of carbonyl (C=O) groups excluding carboxylic acids is 1. The molecule has 0 aliphatic rings. The summed E-state index contributed by atoms with van der Waals surface area (Å²) in [5.74, 6) is -0.373. The van der Waals surface area contributed by atoms with Crippen LogP contribution in [-0.4, -0.2) is 15.5 Å². The lowest BCUT2D eigenvalue weighted by Gasteiger charge is -2.21. The maximum absolute atomic E-state index is 10.9. The number of hydrogen-bond acceptors (Lipinski definition) is 2. The van der Waals surface area contributed by atoms with E-state index >= 15 is 0 Å². The SMILES string of the molecule is CC(C)(C)n1cc(Cl)c2cc(CC(N)=O)cnc21. The van der Waals surface area contributed by atoms with Gasteiger partial charge in [0.05, 0.1) is 11.4 Å². The maximum atomic E-state index is 10.9. The fourth-order valence-corrected chi connectivity index (χ4v) is 2.16. The lowest BCUT2D eigenvalue weighted by molar-refractivity contribution is -0.117. The summed E-state index contributed by atoms with van der Waals surface area (Å²) in [7, 11) is 0. The molecular weight excluding hydrogens is 250 g/mol. The van der Waals surface area contributed by atoms with Gasteiger partial charge in [0.15, 0.2) is 0 Å². The first-order chi connectivity index (χ1) is 8.29. The predicted octanol–water partition coefficient (Wildman–Crippen LogP) is 2.47. The zero-order valence-corrected chi connectivity index (χ0v) is 11.5. The van der Waals surface area contributed by atoms with E-state index in [1.165, 1.54) is 0 Å². The summed E-state index contributed by atoms with van der Waals surface area (Å²) in [6.07, 6.45) is 3.72. The van der Waals surface area contributed by atoms with E-state index in [1.807, 2.05) is 16.8 Å². The Morgan fingerprint density at radius 3 is 2.72 bits per heavy atom. The van der Waals surface area contributed by atoms with Gasteiger partial charge < -0.3 is 10.3 Å². The molecule has 0 spiro atoms. The summed E-state index contributed by atoms with van der Waals surface area (Å²) < 4.78 is 2.03. The molecule has 96 valence electrons. The van der Waals surface area contributed by atoms with Gasteiger partial charge in [0.1, 0.15) is 5.65 Å². The summed E-state index contributed by atoms with van der Waals surface area (Å²) in [5.41, 5.74) is 6.68. The number of aromatic nitrogens is 2. The summed E-state index contributed by atoms with van der Waals surface area (Å²) in [4.78, 5) is 15.3. The molecule has 2 N–H and O–H groups in total. The van der Waals surface area contributed by atoms with E-state index in [2.05, 4.69) is 25.8 Å². The Bertz CT molecular complexity index is 610. The second-order valence-corrected chi connectivity index (χ2v) is 5.78. The molecule has 0 aliphatic heterocycles. The van der Waals surface area contributed by atoms with Crippen LogP contribution in [0.3, 0.4) is 0 Å². The number of primary amides is 1. The molecular formula is C13H16ClN3O. The van der Waals surface area contributed by atoms with Crippen LogP contribution in [0.2, 0.25) is 5.02 Å². The average Bonchev–Trinajstić information content (AvgIpc) is 2.55. The normalized spacial score (nSPS) is 12.0. The minimum atomic E-state index is -0.373. The monoisotopic (exact) mass is 265 g/mol. The third-order valence-corrected chi connectivity index (χ3v) is 3.05. The van der Waals surface area contributed by atoms with Gasteiger partial charge in [0.25, 0.3) is 0 Å². The van der Waals surface area contributed by atoms with Gasteiger partial charge in [-0.1, -0.05) is 11.6 Å². The minimum Gasteiger partial charge on any atom is -0.369 e. The molecule has 0 fully saturated rings. The van der Waals surface area contributed by atoms with Crippen LogP contribution in [0.4, 0.5) is 0 Å². The zero-order valence-electron chi connectivity index (χ0n) is 10.7. The fourth-order valence-electron chi connectivity index (χ4n) is 1.92. The highest BCUT2D eigenvalue weighted by Gasteiger charge is 2.19. The first kappa shape index (κ1) is 12.9. The van der Waals surface area contributed by atoms with Crippen LogP contribution in [0.15, 0.2) is 18.5 Å². The number of hydrogen-bond donors (Lipinski definition) is 1. The van der Waals surface area contributed by atoms with Crippen LogP contribution in [-0.2, 0) is 16.8 Å². The molecule has 2 heterocycles. The van der Waals surface area contributed by atoms with Crippen molar-refractivity contribution in [1.29, 1.82) is 0 Å². The van der Waals surface area contributed by atoms with Crippen molar-refractivity contribution < 1.29 is 4.79 Å². The first-order valence-corrected chi connectivity index (χ1v) is 6.11. The molecule has 0 unspecified atom stereocenters. The van der Waals surface area contributed by atoms with Crippen molar-refractivity contribution in [2.75, 3.05) is 0 Å². The minimum absolute atomic E-state index is 0.0937. The number of amides is 1. The van der Waals surface area contributed by atoms with Crippen molar-refractivity contribution in [2.24, 2.45) is 5.73 Å². The molecule has 0 saturated carbocycles. The molecule has 0 radical (unpaired) electrons. The second kappa shape index (κ2) is 4.28. The number of rotatable bonds is 2. The molecule has 2 aromatic heterocycles. The van der Waals surface area contributed by atoms with E-state index < -0.39 is 0 Å². The summed E-state index contributed by atoms with van der Waals surface area (Å²) >= 11 is 6.22. The molecule has 4 nitrogen and oxygen atoms in total. The van der Waals surface area contributed by atoms with Gasteiger partial charge in [-0.3, -0.25) is 4.79 Å². The standard InChI is InChI=1S/C13H16ClN3O/c1-13(2,3)17-7-10(14)9-4-8(5-11(15)18)6-16-12(9)17/h4,6-7H,5H2,1-3H3,(H2,15,18). The molecule has 18 heavy (non-hydrogen) atoms. The van der Waals surface area contributed by atoms with Crippen LogP contribution in [0.25, 0.3) is 11.0 Å². The smallest absolute Gasteiger partial charge is 0.221 e. The number of halogens is 1. The van der Waals surface area contributed by atoms with Crippen molar-refractivity contribution in [1.82, 2.24) is 9.55 Å². The molecule has 0 saturated heterocycles. The highest BCUT2D eigenvalue weighted by molar-refractivity contribution is 6.35. The third kappa shape index (κ3) is 2.34. The van der Waals surface area contributed by atoms with Crippen LogP contribution >= 0.6 is 11.6 Å². The number of carbonyl (C=O) groups is 1. The van der Waals surface area contributed by atoms with E-state index in [1.54, 1.807) is 6.20 Å². The quantitative estimate of drug-likeness (QED) is 0.907. The highest BCUT2D eigenvalue weighted by Crippen LogP contribution is 2.29. The number of nitrogens with two attached hydrogens (primary N) is 1. The largest absolute Gasteiger partial charge is 0.369 e. The number of pyridine rings is 1. The van der Waals surface area contributed by atoms with Gasteiger partial charge in [-0.2, -0.15) is 0 Å². The van der Waals surface area contributed by atoms with Gasteiger partial charge >= 0.3 is 0 Å². The van der Waals surface area contributed by atoms with Gasteiger partial charge in [-0.25, -0.2) is 4.98 Å². The predicted molar refractivity (Wildman–Crippen MR) is 72.6 cm³/mol. The average molecular weight is 266 g/mol. The molecule has 2 rings (SSSR count). The Balaban J connectivity index is 2.59. The molecule has 1 amide bonds. The van der Waals surface area contributed by atoms with Crippen molar-refractivity contribution in [2.45, 2.75) is 32.7 Å². The van der Waals surface area contributed by atoms with Crippen LogP contribution in [0, 0.1) is 0 Å². The van der Waals surface area contributed by atoms with Crippen LogP contribution in [0.5, 0.6) is 0 Å². The van der Waals surface area contributed by atoms with E-state index in [0.29, 0.717) is 5.02 Å². The van der Waals surface area contributed by atoms with Crippen molar-refractivity contribution in [3.8, 4) is 0 Å². The fraction of sp³-hybridized carbons (Fsp3) is 0.385. The molecule has 0 atom stereocenters. The molecule has 0 aromatic carbocycles. The Morgan fingerprint density at radius 2 is 2.17 bits per heavy atom. The second-order valence-electron chi connectivity index (χ2n) is 5.38. The maximum Gasteiger partial charge on any atom is 0.221 e. The summed E-state index contributed by atoms with van der Waals surface area (Å²) in [5, 5.41) is 1.49. The summed E-state index contributed by atoms with van der Waals surface area (Å²) in [6, 6.07) is 1.87. The van der Waals surface area contributed by atoms with Gasteiger partial charge in [-0.05, 0) is 32.4 Å². The van der Waals surface area contributed by atoms with Gasteiger partial charge in [0.2, 0.25) is 5.91 Å². The number of nitrogens with zero attached hydrogens (tertiary/aromatic N) is 2. The Kier molecular flexibility index (Phi) is 3.07. The molecule has 5 heteroatoms.